The number of rotatable bonds is 3. The third-order valence-corrected chi connectivity index (χ3v) is 5.31. The fourth-order valence-electron chi connectivity index (χ4n) is 2.74. The average molecular weight is 363 g/mol. The highest BCUT2D eigenvalue weighted by Gasteiger charge is 2.49. The maximum atomic E-state index is 14.1. The van der Waals surface area contributed by atoms with Crippen LogP contribution in [0.25, 0.3) is 0 Å². The van der Waals surface area contributed by atoms with Gasteiger partial charge in [0.15, 0.2) is 0 Å². The standard InChI is InChI=1S/C17H15F2N3O2S/c1-2-25(21)14-4-3-13(12-6-17(18,19)16(23)15(12)14)24-11-5-10(7-20)8-22-9-11/h2-5,8-9,16,23H,6,21H2,1H3. The quantitative estimate of drug-likeness (QED) is 0.817. The zero-order valence-corrected chi connectivity index (χ0v) is 14.1. The molecule has 2 atom stereocenters. The molecule has 0 radical (unpaired) electrons. The lowest BCUT2D eigenvalue weighted by molar-refractivity contribution is -0.0976. The molecule has 1 aliphatic rings. The highest BCUT2D eigenvalue weighted by Crippen LogP contribution is 2.50. The molecule has 1 aromatic heterocycles. The Kier molecular flexibility index (Phi) is 4.56. The summed E-state index contributed by atoms with van der Waals surface area (Å²) in [6.45, 7) is 1.73. The van der Waals surface area contributed by atoms with E-state index in [2.05, 4.69) is 4.98 Å². The first-order chi connectivity index (χ1) is 11.9. The summed E-state index contributed by atoms with van der Waals surface area (Å²) >= 11 is 0. The van der Waals surface area contributed by atoms with Gasteiger partial charge in [0.2, 0.25) is 0 Å². The van der Waals surface area contributed by atoms with Crippen LogP contribution in [0.15, 0.2) is 35.5 Å². The average Bonchev–Trinajstić information content (AvgIpc) is 2.85. The molecule has 1 aromatic carbocycles. The van der Waals surface area contributed by atoms with E-state index in [9.17, 15) is 13.9 Å². The summed E-state index contributed by atoms with van der Waals surface area (Å²) in [5.74, 6) is -2.84. The number of benzene rings is 1. The van der Waals surface area contributed by atoms with Crippen molar-refractivity contribution < 1.29 is 18.6 Å². The Morgan fingerprint density at radius 1 is 1.48 bits per heavy atom. The van der Waals surface area contributed by atoms with Crippen LogP contribution in [-0.2, 0) is 6.42 Å². The fourth-order valence-corrected chi connectivity index (χ4v) is 3.71. The number of pyridine rings is 1. The van der Waals surface area contributed by atoms with E-state index in [1.807, 2.05) is 6.07 Å². The zero-order valence-electron chi connectivity index (χ0n) is 13.2. The first-order valence-corrected chi connectivity index (χ1v) is 8.74. The molecule has 25 heavy (non-hydrogen) atoms. The lowest BCUT2D eigenvalue weighted by Gasteiger charge is -2.17. The predicted octanol–water partition coefficient (Wildman–Crippen LogP) is 3.29. The highest BCUT2D eigenvalue weighted by atomic mass is 32.2. The summed E-state index contributed by atoms with van der Waals surface area (Å²) in [6.07, 6.45) is 0.190. The smallest absolute Gasteiger partial charge is 0.281 e. The third kappa shape index (κ3) is 3.14. The van der Waals surface area contributed by atoms with Gasteiger partial charge >= 0.3 is 0 Å². The van der Waals surface area contributed by atoms with Crippen molar-refractivity contribution in [2.24, 2.45) is 5.14 Å². The molecule has 0 saturated heterocycles. The van der Waals surface area contributed by atoms with Gasteiger partial charge in [0.05, 0.1) is 11.8 Å². The summed E-state index contributed by atoms with van der Waals surface area (Å²) in [6, 6.07) is 6.54. The SMILES string of the molecule is C/C=S(/N)c1ccc(Oc2cncc(C#N)c2)c2c1C(O)C(F)(F)C2. The molecule has 0 aliphatic heterocycles. The van der Waals surface area contributed by atoms with Crippen LogP contribution < -0.4 is 9.88 Å². The molecule has 1 heterocycles. The Labute approximate surface area is 145 Å². The van der Waals surface area contributed by atoms with Gasteiger partial charge in [-0.3, -0.25) is 10.1 Å². The number of aromatic nitrogens is 1. The number of hydrogen-bond donors (Lipinski definition) is 2. The van der Waals surface area contributed by atoms with E-state index < -0.39 is 29.1 Å². The molecule has 2 unspecified atom stereocenters. The van der Waals surface area contributed by atoms with Crippen molar-refractivity contribution in [2.45, 2.75) is 30.3 Å². The van der Waals surface area contributed by atoms with Crippen LogP contribution in [0.3, 0.4) is 0 Å². The number of alkyl halides is 2. The molecule has 0 fully saturated rings. The first-order valence-electron chi connectivity index (χ1n) is 7.39. The first kappa shape index (κ1) is 17.5. The monoisotopic (exact) mass is 363 g/mol. The van der Waals surface area contributed by atoms with Crippen molar-refractivity contribution >= 4 is 16.0 Å². The van der Waals surface area contributed by atoms with Crippen molar-refractivity contribution in [3.63, 3.8) is 0 Å². The number of aliphatic hydroxyl groups is 1. The van der Waals surface area contributed by atoms with E-state index in [4.69, 9.17) is 15.1 Å². The van der Waals surface area contributed by atoms with Crippen molar-refractivity contribution in [3.8, 4) is 17.6 Å². The van der Waals surface area contributed by atoms with Crippen molar-refractivity contribution in [3.05, 3.63) is 47.3 Å². The van der Waals surface area contributed by atoms with Crippen LogP contribution in [0.2, 0.25) is 0 Å². The number of nitrogens with zero attached hydrogens (tertiary/aromatic N) is 2. The largest absolute Gasteiger partial charge is 0.455 e. The summed E-state index contributed by atoms with van der Waals surface area (Å²) in [5.41, 5.74) is 0.637. The number of fused-ring (bicyclic) bond motifs is 1. The van der Waals surface area contributed by atoms with E-state index in [1.54, 1.807) is 24.4 Å². The summed E-state index contributed by atoms with van der Waals surface area (Å²) in [7, 11) is -0.865. The maximum absolute atomic E-state index is 14.1. The Morgan fingerprint density at radius 3 is 2.92 bits per heavy atom. The van der Waals surface area contributed by atoms with Crippen molar-refractivity contribution in [2.75, 3.05) is 0 Å². The molecule has 3 N–H and O–H groups in total. The van der Waals surface area contributed by atoms with Crippen LogP contribution in [0, 0.1) is 11.3 Å². The van der Waals surface area contributed by atoms with Gasteiger partial charge in [-0.2, -0.15) is 5.26 Å². The number of nitriles is 1. The zero-order chi connectivity index (χ0) is 18.2. The van der Waals surface area contributed by atoms with Gasteiger partial charge in [0.1, 0.15) is 23.7 Å². The van der Waals surface area contributed by atoms with Crippen LogP contribution in [0.5, 0.6) is 11.5 Å². The molecule has 0 saturated carbocycles. The number of hydrogen-bond acceptors (Lipinski definition) is 5. The molecule has 0 spiro atoms. The minimum absolute atomic E-state index is 0.121. The Balaban J connectivity index is 2.10. The number of aliphatic hydroxyl groups excluding tert-OH is 1. The van der Waals surface area contributed by atoms with E-state index in [-0.39, 0.29) is 22.6 Å². The van der Waals surface area contributed by atoms with Gasteiger partial charge in [0, 0.05) is 34.7 Å². The lowest BCUT2D eigenvalue weighted by Crippen LogP contribution is -2.21. The molecular weight excluding hydrogens is 348 g/mol. The fraction of sp³-hybridized carbons (Fsp3) is 0.235. The summed E-state index contributed by atoms with van der Waals surface area (Å²) in [5, 5.41) is 26.7. The molecule has 0 amide bonds. The Bertz CT molecular complexity index is 909. The molecule has 130 valence electrons. The van der Waals surface area contributed by atoms with Gasteiger partial charge in [-0.1, -0.05) is 10.7 Å². The van der Waals surface area contributed by atoms with E-state index in [0.29, 0.717) is 10.5 Å². The van der Waals surface area contributed by atoms with Crippen LogP contribution in [0.1, 0.15) is 29.7 Å². The molecule has 3 rings (SSSR count). The van der Waals surface area contributed by atoms with E-state index in [1.165, 1.54) is 18.5 Å². The summed E-state index contributed by atoms with van der Waals surface area (Å²) < 4.78 is 33.9. The van der Waals surface area contributed by atoms with Crippen molar-refractivity contribution in [1.29, 1.82) is 5.26 Å². The minimum atomic E-state index is -3.29. The maximum Gasteiger partial charge on any atom is 0.281 e. The molecule has 5 nitrogen and oxygen atoms in total. The Hall–Kier alpha value is -2.34. The predicted molar refractivity (Wildman–Crippen MR) is 90.9 cm³/mol. The third-order valence-electron chi connectivity index (χ3n) is 3.94. The van der Waals surface area contributed by atoms with Crippen molar-refractivity contribution in [1.82, 2.24) is 4.98 Å². The molecular formula is C17H15F2N3O2S. The van der Waals surface area contributed by atoms with Gasteiger partial charge in [-0.15, -0.1) is 0 Å². The van der Waals surface area contributed by atoms with Crippen LogP contribution >= 0.6 is 10.7 Å². The second-order valence-electron chi connectivity index (χ2n) is 5.53. The van der Waals surface area contributed by atoms with E-state index >= 15 is 0 Å². The molecule has 0 bridgehead atoms. The van der Waals surface area contributed by atoms with Gasteiger partial charge < -0.3 is 9.84 Å². The number of nitrogens with two attached hydrogens (primary N) is 1. The topological polar surface area (TPSA) is 92.2 Å². The highest BCUT2D eigenvalue weighted by molar-refractivity contribution is 8.13. The van der Waals surface area contributed by atoms with Crippen LogP contribution in [-0.4, -0.2) is 21.4 Å². The van der Waals surface area contributed by atoms with E-state index in [0.717, 1.165) is 0 Å². The Morgan fingerprint density at radius 2 is 2.24 bits per heavy atom. The summed E-state index contributed by atoms with van der Waals surface area (Å²) in [4.78, 5) is 4.35. The van der Waals surface area contributed by atoms with Gasteiger partial charge in [-0.25, -0.2) is 8.78 Å². The normalized spacial score (nSPS) is 19.3. The second-order valence-corrected chi connectivity index (χ2v) is 7.18. The number of ether oxygens (including phenoxy) is 1. The second kappa shape index (κ2) is 6.52. The molecule has 8 heteroatoms. The molecule has 1 aliphatic carbocycles. The van der Waals surface area contributed by atoms with Crippen LogP contribution in [0.4, 0.5) is 8.78 Å². The molecule has 2 aromatic rings. The van der Waals surface area contributed by atoms with Gasteiger partial charge in [-0.05, 0) is 24.4 Å². The van der Waals surface area contributed by atoms with Gasteiger partial charge in [0.25, 0.3) is 5.92 Å². The lowest BCUT2D eigenvalue weighted by atomic mass is 10.1. The minimum Gasteiger partial charge on any atom is -0.455 e. The number of halogens is 2.